The van der Waals surface area contributed by atoms with Crippen LogP contribution in [0.3, 0.4) is 0 Å². The summed E-state index contributed by atoms with van der Waals surface area (Å²) >= 11 is 0. The van der Waals surface area contributed by atoms with E-state index in [2.05, 4.69) is 6.92 Å². The van der Waals surface area contributed by atoms with Gasteiger partial charge in [-0.25, -0.2) is 0 Å². The zero-order valence-corrected chi connectivity index (χ0v) is 18.6. The van der Waals surface area contributed by atoms with Crippen LogP contribution in [0, 0.1) is 0 Å². The average molecular weight is 360 g/mol. The van der Waals surface area contributed by atoms with Crippen molar-refractivity contribution in [3.8, 4) is 0 Å². The molecule has 152 valence electrons. The van der Waals surface area contributed by atoms with Gasteiger partial charge < -0.3 is 10.5 Å². The zero-order valence-electron chi connectivity index (χ0n) is 18.6. The molecule has 0 fully saturated rings. The quantitative estimate of drug-likeness (QED) is 0.627. The molecule has 0 aromatic carbocycles. The number of unbranched alkanes of at least 4 members (excludes halogenated alkanes) is 1. The molecule has 0 radical (unpaired) electrons. The number of ether oxygens (including phenoxy) is 1. The minimum atomic E-state index is -0.0724. The van der Waals surface area contributed by atoms with Crippen LogP contribution in [0.5, 0.6) is 0 Å². The highest BCUT2D eigenvalue weighted by atomic mass is 16.5. The number of carbonyl (C=O) groups is 2. The van der Waals surface area contributed by atoms with Crippen molar-refractivity contribution < 1.29 is 14.3 Å². The van der Waals surface area contributed by atoms with Crippen LogP contribution in [0.25, 0.3) is 0 Å². The number of nitrogens with two attached hydrogens (primary N) is 1. The predicted octanol–water partition coefficient (Wildman–Crippen LogP) is 5.83. The van der Waals surface area contributed by atoms with Gasteiger partial charge in [0.05, 0.1) is 6.10 Å². The maximum absolute atomic E-state index is 10.9. The van der Waals surface area contributed by atoms with Gasteiger partial charge in [0.15, 0.2) is 5.78 Å². The Morgan fingerprint density at radius 1 is 1.16 bits per heavy atom. The molecule has 1 unspecified atom stereocenters. The molecule has 0 saturated carbocycles. The summed E-state index contributed by atoms with van der Waals surface area (Å²) < 4.78 is 4.91. The van der Waals surface area contributed by atoms with Gasteiger partial charge in [-0.2, -0.15) is 0 Å². The Labute approximate surface area is 157 Å². The van der Waals surface area contributed by atoms with E-state index in [1.54, 1.807) is 0 Å². The minimum Gasteiger partial charge on any atom is -0.463 e. The highest BCUT2D eigenvalue weighted by molar-refractivity contribution is 5.98. The fourth-order valence-electron chi connectivity index (χ4n) is 1.71. The van der Waals surface area contributed by atoms with Crippen molar-refractivity contribution >= 4 is 11.8 Å². The SMILES string of the molecule is CC.CC.CC.CCC1=CC(N)CC1=O.CCCCC(=O)OC(C)C. The van der Waals surface area contributed by atoms with Crippen LogP contribution in [-0.2, 0) is 14.3 Å². The molecular weight excluding hydrogens is 314 g/mol. The number of esters is 1. The van der Waals surface area contributed by atoms with Gasteiger partial charge in [-0.15, -0.1) is 0 Å². The normalized spacial score (nSPS) is 14.3. The van der Waals surface area contributed by atoms with Gasteiger partial charge in [0.25, 0.3) is 0 Å². The lowest BCUT2D eigenvalue weighted by atomic mass is 10.2. The maximum Gasteiger partial charge on any atom is 0.306 e. The molecule has 1 aliphatic carbocycles. The lowest BCUT2D eigenvalue weighted by Crippen LogP contribution is -2.14. The summed E-state index contributed by atoms with van der Waals surface area (Å²) in [5.74, 6) is 0.154. The topological polar surface area (TPSA) is 69.4 Å². The second-order valence-electron chi connectivity index (χ2n) is 4.98. The van der Waals surface area contributed by atoms with Gasteiger partial charge in [-0.05, 0) is 32.3 Å². The van der Waals surface area contributed by atoms with E-state index in [4.69, 9.17) is 10.5 Å². The van der Waals surface area contributed by atoms with Gasteiger partial charge in [-0.1, -0.05) is 67.9 Å². The van der Waals surface area contributed by atoms with E-state index in [0.29, 0.717) is 12.8 Å². The molecule has 0 aromatic rings. The van der Waals surface area contributed by atoms with Crippen LogP contribution in [0.2, 0.25) is 0 Å². The molecule has 2 N–H and O–H groups in total. The van der Waals surface area contributed by atoms with Crippen LogP contribution in [0.1, 0.15) is 101 Å². The van der Waals surface area contributed by atoms with Crippen LogP contribution in [0.4, 0.5) is 0 Å². The van der Waals surface area contributed by atoms with Crippen molar-refractivity contribution in [2.24, 2.45) is 5.73 Å². The summed E-state index contributed by atoms with van der Waals surface area (Å²) in [7, 11) is 0. The Morgan fingerprint density at radius 3 is 1.88 bits per heavy atom. The van der Waals surface area contributed by atoms with Crippen LogP contribution in [0.15, 0.2) is 11.6 Å². The number of carbonyl (C=O) groups excluding carboxylic acids is 2. The smallest absolute Gasteiger partial charge is 0.306 e. The third kappa shape index (κ3) is 22.8. The van der Waals surface area contributed by atoms with Gasteiger partial charge in [-0.3, -0.25) is 9.59 Å². The molecule has 1 rings (SSSR count). The number of allylic oxidation sites excluding steroid dienone is 1. The summed E-state index contributed by atoms with van der Waals surface area (Å²) in [5, 5.41) is 0. The fourth-order valence-corrected chi connectivity index (χ4v) is 1.71. The molecule has 1 aliphatic rings. The van der Waals surface area contributed by atoms with E-state index >= 15 is 0 Å². The molecular formula is C21H45NO3. The third-order valence-corrected chi connectivity index (χ3v) is 2.68. The molecule has 0 heterocycles. The van der Waals surface area contributed by atoms with Gasteiger partial charge in [0.1, 0.15) is 0 Å². The van der Waals surface area contributed by atoms with Gasteiger partial charge in [0.2, 0.25) is 0 Å². The Bertz CT molecular complexity index is 323. The zero-order chi connectivity index (χ0) is 20.8. The van der Waals surface area contributed by atoms with E-state index < -0.39 is 0 Å². The Balaban J connectivity index is -0.000000136. The Morgan fingerprint density at radius 2 is 1.64 bits per heavy atom. The summed E-state index contributed by atoms with van der Waals surface area (Å²) in [6.45, 7) is 19.8. The van der Waals surface area contributed by atoms with Gasteiger partial charge >= 0.3 is 5.97 Å². The molecule has 25 heavy (non-hydrogen) atoms. The van der Waals surface area contributed by atoms with E-state index in [0.717, 1.165) is 24.8 Å². The largest absolute Gasteiger partial charge is 0.463 e. The highest BCUT2D eigenvalue weighted by Gasteiger charge is 2.18. The lowest BCUT2D eigenvalue weighted by Gasteiger charge is -2.06. The molecule has 0 bridgehead atoms. The van der Waals surface area contributed by atoms with Gasteiger partial charge in [0, 0.05) is 18.9 Å². The van der Waals surface area contributed by atoms with Crippen LogP contribution < -0.4 is 5.73 Å². The number of ketones is 1. The first-order valence-corrected chi connectivity index (χ1v) is 10.1. The Kier molecular flexibility index (Phi) is 31.7. The molecule has 0 aromatic heterocycles. The number of hydrogen-bond acceptors (Lipinski definition) is 4. The van der Waals surface area contributed by atoms with E-state index in [-0.39, 0.29) is 23.9 Å². The summed E-state index contributed by atoms with van der Waals surface area (Å²) in [4.78, 5) is 21.7. The second kappa shape index (κ2) is 25.1. The highest BCUT2D eigenvalue weighted by Crippen LogP contribution is 2.15. The summed E-state index contributed by atoms with van der Waals surface area (Å²) in [5.41, 5.74) is 6.40. The second-order valence-corrected chi connectivity index (χ2v) is 4.98. The van der Waals surface area contributed by atoms with Crippen molar-refractivity contribution in [3.05, 3.63) is 11.6 Å². The third-order valence-electron chi connectivity index (χ3n) is 2.68. The van der Waals surface area contributed by atoms with Crippen molar-refractivity contribution in [2.75, 3.05) is 0 Å². The van der Waals surface area contributed by atoms with Crippen molar-refractivity contribution in [3.63, 3.8) is 0 Å². The molecule has 0 saturated heterocycles. The number of rotatable bonds is 5. The van der Waals surface area contributed by atoms with Crippen molar-refractivity contribution in [2.45, 2.75) is 113 Å². The average Bonchev–Trinajstić information content (AvgIpc) is 2.96. The van der Waals surface area contributed by atoms with Crippen molar-refractivity contribution in [1.82, 2.24) is 0 Å². The lowest BCUT2D eigenvalue weighted by molar-refractivity contribution is -0.147. The first-order valence-electron chi connectivity index (χ1n) is 10.1. The maximum atomic E-state index is 10.9. The molecule has 0 aliphatic heterocycles. The molecule has 0 amide bonds. The monoisotopic (exact) mass is 359 g/mol. The van der Waals surface area contributed by atoms with Crippen molar-refractivity contribution in [1.29, 1.82) is 0 Å². The van der Waals surface area contributed by atoms with E-state index in [1.165, 1.54) is 0 Å². The Hall–Kier alpha value is -1.16. The summed E-state index contributed by atoms with van der Waals surface area (Å²) in [6.07, 6.45) is 5.79. The first-order chi connectivity index (χ1) is 11.9. The predicted molar refractivity (Wildman–Crippen MR) is 111 cm³/mol. The molecule has 1 atom stereocenters. The van der Waals surface area contributed by atoms with Crippen LogP contribution >= 0.6 is 0 Å². The fraction of sp³-hybridized carbons (Fsp3) is 0.810. The van der Waals surface area contributed by atoms with E-state index in [1.807, 2.05) is 68.4 Å². The summed E-state index contributed by atoms with van der Waals surface area (Å²) in [6, 6.07) is -0.00699. The number of hydrogen-bond donors (Lipinski definition) is 1. The minimum absolute atomic E-state index is 0.00699. The standard InChI is InChI=1S/C8H16O2.C7H11NO.3C2H6/c1-4-5-6-8(9)10-7(2)3;1-2-5-3-6(8)4-7(5)9;3*1-2/h7H,4-6H2,1-3H3;3,6H,2,4,8H2,1H3;3*1-2H3. The number of Topliss-reactive ketones (excluding diaryl/α,β-unsaturated/α-hetero) is 1. The molecule has 4 heteroatoms. The van der Waals surface area contributed by atoms with E-state index in [9.17, 15) is 9.59 Å². The van der Waals surface area contributed by atoms with Crippen LogP contribution in [-0.4, -0.2) is 23.9 Å². The molecule has 0 spiro atoms. The first kappa shape index (κ1) is 31.6. The molecule has 4 nitrogen and oxygen atoms in total.